The Morgan fingerprint density at radius 2 is 2.15 bits per heavy atom. The Balaban J connectivity index is 2.01. The normalized spacial score (nSPS) is 22.9. The van der Waals surface area contributed by atoms with Crippen molar-refractivity contribution in [2.24, 2.45) is 0 Å². The smallest absolute Gasteiger partial charge is 0.202 e. The second-order valence-electron chi connectivity index (χ2n) is 5.46. The Bertz CT molecular complexity index is 615. The van der Waals surface area contributed by atoms with Crippen LogP contribution in [-0.2, 0) is 6.54 Å². The zero-order valence-corrected chi connectivity index (χ0v) is 13.3. The third-order valence-electron chi connectivity index (χ3n) is 4.19. The second-order valence-corrected chi connectivity index (χ2v) is 7.03. The van der Waals surface area contributed by atoms with Gasteiger partial charge in [0.15, 0.2) is 5.65 Å². The van der Waals surface area contributed by atoms with Gasteiger partial charge in [-0.15, -0.1) is 0 Å². The topological polar surface area (TPSA) is 61.7 Å². The van der Waals surface area contributed by atoms with Gasteiger partial charge in [-0.05, 0) is 38.9 Å². The van der Waals surface area contributed by atoms with Crippen LogP contribution in [0.2, 0.25) is 0 Å². The van der Waals surface area contributed by atoms with Crippen molar-refractivity contribution in [3.63, 3.8) is 0 Å². The van der Waals surface area contributed by atoms with Crippen LogP contribution in [0.3, 0.4) is 0 Å². The minimum Gasteiger partial charge on any atom is -0.369 e. The average Bonchev–Trinajstić information content (AvgIpc) is 3.07. The number of nitrogens with two attached hydrogens (primary N) is 1. The predicted octanol–water partition coefficient (Wildman–Crippen LogP) is 2.99. The van der Waals surface area contributed by atoms with Crippen molar-refractivity contribution >= 4 is 28.9 Å². The van der Waals surface area contributed by atoms with Crippen LogP contribution in [0.1, 0.15) is 44.8 Å². The molecule has 1 aliphatic rings. The maximum Gasteiger partial charge on any atom is 0.202 e. The summed E-state index contributed by atoms with van der Waals surface area (Å²) in [5.41, 5.74) is 9.24. The number of imidazole rings is 1. The number of hydrogen-bond donors (Lipinski definition) is 1. The number of nitrogen functional groups attached to an aromatic ring is 1. The van der Waals surface area contributed by atoms with Gasteiger partial charge in [0.1, 0.15) is 5.52 Å². The van der Waals surface area contributed by atoms with Gasteiger partial charge in [0.2, 0.25) is 5.95 Å². The number of anilines is 1. The molecule has 0 saturated heterocycles. The van der Waals surface area contributed by atoms with E-state index in [2.05, 4.69) is 40.3 Å². The maximum atomic E-state index is 6.19. The molecule has 1 saturated carbocycles. The zero-order valence-electron chi connectivity index (χ0n) is 12.5. The molecule has 0 spiro atoms. The molecule has 5 nitrogen and oxygen atoms in total. The minimum absolute atomic E-state index is 0.477. The van der Waals surface area contributed by atoms with E-state index in [1.807, 2.05) is 11.6 Å². The summed E-state index contributed by atoms with van der Waals surface area (Å²) >= 11 is 2.07. The first kappa shape index (κ1) is 13.8. The SMILES string of the molecule is CCSC1CCC(n2c(N)nc3c(C)nn(CC)c32)C1. The first-order chi connectivity index (χ1) is 9.65. The molecule has 2 atom stereocenters. The molecule has 1 aliphatic carbocycles. The van der Waals surface area contributed by atoms with Gasteiger partial charge in [-0.3, -0.25) is 4.57 Å². The number of hydrogen-bond acceptors (Lipinski definition) is 4. The fourth-order valence-corrected chi connectivity index (χ4v) is 4.46. The molecule has 2 heterocycles. The first-order valence-electron chi connectivity index (χ1n) is 7.48. The van der Waals surface area contributed by atoms with Gasteiger partial charge in [0, 0.05) is 17.8 Å². The van der Waals surface area contributed by atoms with E-state index in [0.29, 0.717) is 12.0 Å². The quantitative estimate of drug-likeness (QED) is 0.941. The van der Waals surface area contributed by atoms with Crippen molar-refractivity contribution in [1.82, 2.24) is 19.3 Å². The van der Waals surface area contributed by atoms with Crippen LogP contribution in [0.4, 0.5) is 5.95 Å². The van der Waals surface area contributed by atoms with Crippen LogP contribution in [0.25, 0.3) is 11.2 Å². The maximum absolute atomic E-state index is 6.19. The minimum atomic E-state index is 0.477. The molecule has 110 valence electrons. The van der Waals surface area contributed by atoms with Gasteiger partial charge in [0.05, 0.1) is 5.69 Å². The number of fused-ring (bicyclic) bond motifs is 1. The highest BCUT2D eigenvalue weighted by molar-refractivity contribution is 7.99. The second kappa shape index (κ2) is 5.31. The van der Waals surface area contributed by atoms with Crippen molar-refractivity contribution in [2.45, 2.75) is 57.9 Å². The van der Waals surface area contributed by atoms with Crippen LogP contribution in [-0.4, -0.2) is 30.3 Å². The molecule has 2 unspecified atom stereocenters. The zero-order chi connectivity index (χ0) is 14.3. The number of aryl methyl sites for hydroxylation is 2. The Morgan fingerprint density at radius 1 is 1.35 bits per heavy atom. The fraction of sp³-hybridized carbons (Fsp3) is 0.714. The van der Waals surface area contributed by atoms with Crippen molar-refractivity contribution in [3.05, 3.63) is 5.69 Å². The van der Waals surface area contributed by atoms with Gasteiger partial charge < -0.3 is 5.73 Å². The van der Waals surface area contributed by atoms with Gasteiger partial charge in [-0.1, -0.05) is 6.92 Å². The van der Waals surface area contributed by atoms with Gasteiger partial charge >= 0.3 is 0 Å². The predicted molar refractivity (Wildman–Crippen MR) is 85.1 cm³/mol. The lowest BCUT2D eigenvalue weighted by Crippen LogP contribution is -2.13. The van der Waals surface area contributed by atoms with Crippen LogP contribution in [0.15, 0.2) is 0 Å². The summed E-state index contributed by atoms with van der Waals surface area (Å²) in [4.78, 5) is 4.55. The number of aromatic nitrogens is 4. The Hall–Kier alpha value is -1.17. The molecule has 20 heavy (non-hydrogen) atoms. The third-order valence-corrected chi connectivity index (χ3v) is 5.43. The first-order valence-corrected chi connectivity index (χ1v) is 8.53. The monoisotopic (exact) mass is 293 g/mol. The lowest BCUT2D eigenvalue weighted by Gasteiger charge is -2.15. The summed E-state index contributed by atoms with van der Waals surface area (Å²) in [6.45, 7) is 7.21. The summed E-state index contributed by atoms with van der Waals surface area (Å²) in [7, 11) is 0. The summed E-state index contributed by atoms with van der Waals surface area (Å²) in [5, 5.41) is 5.33. The van der Waals surface area contributed by atoms with Gasteiger partial charge in [0.25, 0.3) is 0 Å². The summed E-state index contributed by atoms with van der Waals surface area (Å²) in [6.07, 6.45) is 3.67. The number of rotatable bonds is 4. The van der Waals surface area contributed by atoms with Crippen molar-refractivity contribution < 1.29 is 0 Å². The van der Waals surface area contributed by atoms with E-state index >= 15 is 0 Å². The van der Waals surface area contributed by atoms with E-state index in [4.69, 9.17) is 5.73 Å². The standard InChI is InChI=1S/C14H23N5S/c1-4-18-13-12(9(3)17-18)16-14(15)19(13)10-6-7-11(8-10)20-5-2/h10-11H,4-8H2,1-3H3,(H2,15,16). The lowest BCUT2D eigenvalue weighted by molar-refractivity contribution is 0.521. The summed E-state index contributed by atoms with van der Waals surface area (Å²) in [5.74, 6) is 1.84. The molecule has 0 bridgehead atoms. The molecule has 6 heteroatoms. The highest BCUT2D eigenvalue weighted by atomic mass is 32.2. The molecule has 3 rings (SSSR count). The van der Waals surface area contributed by atoms with Crippen LogP contribution in [0.5, 0.6) is 0 Å². The highest BCUT2D eigenvalue weighted by Gasteiger charge is 2.30. The largest absolute Gasteiger partial charge is 0.369 e. The summed E-state index contributed by atoms with van der Waals surface area (Å²) in [6, 6.07) is 0.477. The van der Waals surface area contributed by atoms with E-state index in [9.17, 15) is 0 Å². The molecular formula is C14H23N5S. The number of thioether (sulfide) groups is 1. The van der Waals surface area contributed by atoms with Crippen LogP contribution >= 0.6 is 11.8 Å². The molecule has 0 aromatic carbocycles. The molecule has 0 aliphatic heterocycles. The highest BCUT2D eigenvalue weighted by Crippen LogP contribution is 2.40. The third kappa shape index (κ3) is 2.10. The van der Waals surface area contributed by atoms with E-state index in [0.717, 1.165) is 28.7 Å². The fourth-order valence-electron chi connectivity index (χ4n) is 3.33. The molecule has 2 N–H and O–H groups in total. The summed E-state index contributed by atoms with van der Waals surface area (Å²) < 4.78 is 4.27. The van der Waals surface area contributed by atoms with E-state index in [-0.39, 0.29) is 0 Å². The van der Waals surface area contributed by atoms with E-state index in [1.165, 1.54) is 25.0 Å². The van der Waals surface area contributed by atoms with E-state index < -0.39 is 0 Å². The van der Waals surface area contributed by atoms with Crippen molar-refractivity contribution in [2.75, 3.05) is 11.5 Å². The Labute approximate surface area is 123 Å². The van der Waals surface area contributed by atoms with Gasteiger partial charge in [-0.25, -0.2) is 9.67 Å². The number of nitrogens with zero attached hydrogens (tertiary/aromatic N) is 4. The van der Waals surface area contributed by atoms with E-state index in [1.54, 1.807) is 0 Å². The Kier molecular flexibility index (Phi) is 3.67. The van der Waals surface area contributed by atoms with Crippen LogP contribution < -0.4 is 5.73 Å². The molecule has 1 fully saturated rings. The van der Waals surface area contributed by atoms with Gasteiger partial charge in [-0.2, -0.15) is 16.9 Å². The Morgan fingerprint density at radius 3 is 2.85 bits per heavy atom. The van der Waals surface area contributed by atoms with Crippen molar-refractivity contribution in [3.8, 4) is 0 Å². The van der Waals surface area contributed by atoms with Crippen LogP contribution in [0, 0.1) is 6.92 Å². The van der Waals surface area contributed by atoms with Crippen molar-refractivity contribution in [1.29, 1.82) is 0 Å². The lowest BCUT2D eigenvalue weighted by atomic mass is 10.2. The molecule has 0 radical (unpaired) electrons. The molecule has 0 amide bonds. The average molecular weight is 293 g/mol. The molecule has 2 aromatic heterocycles. The molecular weight excluding hydrogens is 270 g/mol. The molecule has 2 aromatic rings.